The quantitative estimate of drug-likeness (QED) is 0.0707. The highest BCUT2D eigenvalue weighted by atomic mass is 32.2. The fraction of sp³-hybridized carbons (Fsp3) is 0.743. The van der Waals surface area contributed by atoms with E-state index in [1.54, 1.807) is 0 Å². The van der Waals surface area contributed by atoms with Crippen LogP contribution in [0.3, 0.4) is 0 Å². The Morgan fingerprint density at radius 3 is 1.96 bits per heavy atom. The highest BCUT2D eigenvalue weighted by molar-refractivity contribution is 8.03. The largest absolute Gasteiger partial charge is 0.447 e. The average Bonchev–Trinajstić information content (AvgIpc) is 3.35. The van der Waals surface area contributed by atoms with E-state index in [0.29, 0.717) is 12.3 Å². The number of allylic oxidation sites excluding steroid dienone is 2. The number of nitrogens with zero attached hydrogens (tertiary/aromatic N) is 1. The number of methoxy groups -OCH3 is 1. The van der Waals surface area contributed by atoms with Crippen LogP contribution in [0, 0.1) is 0 Å². The first-order valence-corrected chi connectivity index (χ1v) is 19.4. The first kappa shape index (κ1) is 39.7. The van der Waals surface area contributed by atoms with Gasteiger partial charge in [-0.3, -0.25) is 4.52 Å². The van der Waals surface area contributed by atoms with Gasteiger partial charge < -0.3 is 29.1 Å². The van der Waals surface area contributed by atoms with E-state index in [9.17, 15) is 9.69 Å². The zero-order chi connectivity index (χ0) is 32.5. The second-order valence-corrected chi connectivity index (χ2v) is 14.1. The molecule has 0 aliphatic carbocycles. The van der Waals surface area contributed by atoms with Gasteiger partial charge >= 0.3 is 14.7 Å². The summed E-state index contributed by atoms with van der Waals surface area (Å²) < 4.78 is 21.6. The van der Waals surface area contributed by atoms with Crippen molar-refractivity contribution < 1.29 is 28.2 Å². The van der Waals surface area contributed by atoms with Gasteiger partial charge in [0.2, 0.25) is 0 Å². The van der Waals surface area contributed by atoms with Gasteiger partial charge in [0.1, 0.15) is 18.5 Å². The Hall–Kier alpha value is -1.51. The molecule has 8 nitrogen and oxygen atoms in total. The molecule has 1 aromatic carbocycles. The van der Waals surface area contributed by atoms with Gasteiger partial charge in [0.25, 0.3) is 0 Å². The molecule has 2 unspecified atom stereocenters. The summed E-state index contributed by atoms with van der Waals surface area (Å²) in [5.74, 6) is 1.50. The summed E-state index contributed by atoms with van der Waals surface area (Å²) in [5, 5.41) is 2.81. The highest BCUT2D eigenvalue weighted by Crippen LogP contribution is 2.36. The lowest BCUT2D eigenvalue weighted by molar-refractivity contribution is 0.00598. The second-order valence-electron chi connectivity index (χ2n) is 12.1. The normalized spacial score (nSPS) is 14.6. The van der Waals surface area contributed by atoms with E-state index < -0.39 is 20.8 Å². The van der Waals surface area contributed by atoms with E-state index in [-0.39, 0.29) is 13.2 Å². The Labute approximate surface area is 279 Å². The molecule has 2 atom stereocenters. The fourth-order valence-electron chi connectivity index (χ4n) is 5.17. The number of alkyl carbamates (subject to hydrolysis) is 1. The maximum Gasteiger partial charge on any atom is 0.407 e. The van der Waals surface area contributed by atoms with Gasteiger partial charge in [-0.1, -0.05) is 115 Å². The van der Waals surface area contributed by atoms with Crippen LogP contribution in [0.1, 0.15) is 129 Å². The van der Waals surface area contributed by atoms with Crippen LogP contribution in [0.5, 0.6) is 5.75 Å². The van der Waals surface area contributed by atoms with E-state index in [1.165, 1.54) is 113 Å². The van der Waals surface area contributed by atoms with E-state index >= 15 is 0 Å². The predicted octanol–water partition coefficient (Wildman–Crippen LogP) is 10.1. The third kappa shape index (κ3) is 19.0. The number of unbranched alkanes of at least 4 members (excludes halogenated alkanes) is 15. The number of carbonyl (C=O) groups is 1. The minimum Gasteiger partial charge on any atom is -0.447 e. The lowest BCUT2D eigenvalue weighted by Gasteiger charge is -2.20. The van der Waals surface area contributed by atoms with Crippen LogP contribution in [-0.2, 0) is 20.5 Å². The molecule has 0 radical (unpaired) electrons. The molecule has 2 rings (SSSR count). The maximum atomic E-state index is 12.1. The molecule has 0 spiro atoms. The molecule has 45 heavy (non-hydrogen) atoms. The van der Waals surface area contributed by atoms with Crippen molar-refractivity contribution in [2.75, 3.05) is 32.7 Å². The molecule has 0 aromatic heterocycles. The summed E-state index contributed by atoms with van der Waals surface area (Å²) in [4.78, 5) is 26.0. The molecular formula is C35H61N2O6PS. The molecule has 1 aliphatic rings. The van der Waals surface area contributed by atoms with E-state index in [2.05, 4.69) is 31.0 Å². The fourth-order valence-corrected chi connectivity index (χ4v) is 6.79. The lowest BCUT2D eigenvalue weighted by Crippen LogP contribution is -2.31. The zero-order valence-electron chi connectivity index (χ0n) is 28.5. The summed E-state index contributed by atoms with van der Waals surface area (Å²) in [7, 11) is -0.625. The van der Waals surface area contributed by atoms with Gasteiger partial charge in [-0.2, -0.15) is 0 Å². The van der Waals surface area contributed by atoms with Crippen molar-refractivity contribution >= 4 is 26.5 Å². The smallest absolute Gasteiger partial charge is 0.407 e. The van der Waals surface area contributed by atoms with Gasteiger partial charge in [-0.15, -0.1) is 11.8 Å². The zero-order valence-corrected chi connectivity index (χ0v) is 30.2. The molecule has 2 N–H and O–H groups in total. The summed E-state index contributed by atoms with van der Waals surface area (Å²) in [6.07, 6.45) is 20.2. The average molecular weight is 669 g/mol. The van der Waals surface area contributed by atoms with Crippen LogP contribution >= 0.6 is 20.4 Å². The van der Waals surface area contributed by atoms with Crippen molar-refractivity contribution in [1.29, 1.82) is 0 Å². The Bertz CT molecular complexity index is 935. The predicted molar refractivity (Wildman–Crippen MR) is 188 cm³/mol. The lowest BCUT2D eigenvalue weighted by atomic mass is 10.0. The molecule has 0 saturated heterocycles. The molecule has 0 fully saturated rings. The van der Waals surface area contributed by atoms with Gasteiger partial charge in [-0.25, -0.2) is 4.79 Å². The van der Waals surface area contributed by atoms with Gasteiger partial charge in [0, 0.05) is 30.8 Å². The minimum atomic E-state index is -2.14. The number of ether oxygens (including phenoxy) is 2. The van der Waals surface area contributed by atoms with Crippen molar-refractivity contribution in [2.45, 2.75) is 136 Å². The van der Waals surface area contributed by atoms with Crippen LogP contribution in [0.2, 0.25) is 0 Å². The number of thioether (sulfide) groups is 1. The van der Waals surface area contributed by atoms with E-state index in [1.807, 2.05) is 36.0 Å². The molecule has 10 heteroatoms. The van der Waals surface area contributed by atoms with Gasteiger partial charge in [0.15, 0.2) is 0 Å². The van der Waals surface area contributed by atoms with Crippen molar-refractivity contribution in [3.8, 4) is 5.75 Å². The highest BCUT2D eigenvalue weighted by Gasteiger charge is 2.18. The van der Waals surface area contributed by atoms with Crippen LogP contribution in [0.25, 0.3) is 0 Å². The number of rotatable bonds is 27. The van der Waals surface area contributed by atoms with Gasteiger partial charge in [0.05, 0.1) is 12.5 Å². The van der Waals surface area contributed by atoms with Crippen LogP contribution in [0.4, 0.5) is 4.79 Å². The third-order valence-corrected chi connectivity index (χ3v) is 10.2. The monoisotopic (exact) mass is 668 g/mol. The minimum absolute atomic E-state index is 0.0291. The molecule has 1 heterocycles. The van der Waals surface area contributed by atoms with Crippen molar-refractivity contribution in [3.05, 3.63) is 40.4 Å². The summed E-state index contributed by atoms with van der Waals surface area (Å²) in [6.45, 7) is 8.09. The van der Waals surface area contributed by atoms with Crippen molar-refractivity contribution in [2.24, 2.45) is 0 Å². The second kappa shape index (κ2) is 25.6. The number of carbonyl (C=O) groups excluding carboxylic acids is 1. The SMILES string of the molecule is CCCCCCCCCCCCCCCCCCNC(=O)OCC(COP(O)Oc1ccc(CN2CSC(C)=C2C)cc1)OC. The van der Waals surface area contributed by atoms with E-state index in [0.717, 1.165) is 25.3 Å². The summed E-state index contributed by atoms with van der Waals surface area (Å²) in [6, 6.07) is 7.66. The molecular weight excluding hydrogens is 607 g/mol. The van der Waals surface area contributed by atoms with Crippen LogP contribution < -0.4 is 9.84 Å². The first-order chi connectivity index (χ1) is 21.9. The summed E-state index contributed by atoms with van der Waals surface area (Å²) in [5.41, 5.74) is 2.49. The topological polar surface area (TPSA) is 89.5 Å². The number of hydrogen-bond acceptors (Lipinski definition) is 8. The molecule has 1 amide bonds. The standard InChI is InChI=1S/C35H61N2O6PS/c1-5-6-7-8-9-10-11-12-13-14-15-16-17-18-19-20-25-36-35(38)41-27-34(40-4)28-42-44(39)43-33-23-21-32(22-24-33)26-37-29-45-31(3)30(37)2/h21-24,34,39H,5-20,25-29H2,1-4H3,(H,36,38). The summed E-state index contributed by atoms with van der Waals surface area (Å²) >= 11 is 1.86. The van der Waals surface area contributed by atoms with Crippen LogP contribution in [0.15, 0.2) is 34.9 Å². The Morgan fingerprint density at radius 2 is 1.44 bits per heavy atom. The Balaban J connectivity index is 1.42. The first-order valence-electron chi connectivity index (χ1n) is 17.3. The van der Waals surface area contributed by atoms with Crippen molar-refractivity contribution in [1.82, 2.24) is 10.2 Å². The Morgan fingerprint density at radius 1 is 0.889 bits per heavy atom. The van der Waals surface area contributed by atoms with Crippen molar-refractivity contribution in [3.63, 3.8) is 0 Å². The maximum absolute atomic E-state index is 12.1. The molecule has 258 valence electrons. The third-order valence-electron chi connectivity index (χ3n) is 8.31. The molecule has 0 bridgehead atoms. The van der Waals surface area contributed by atoms with E-state index in [4.69, 9.17) is 18.5 Å². The van der Waals surface area contributed by atoms with Gasteiger partial charge in [-0.05, 0) is 38.0 Å². The molecule has 1 aromatic rings. The number of hydrogen-bond donors (Lipinski definition) is 2. The van der Waals surface area contributed by atoms with Crippen LogP contribution in [-0.4, -0.2) is 54.7 Å². The molecule has 1 aliphatic heterocycles. The molecule has 0 saturated carbocycles. The Kier molecular flexibility index (Phi) is 22.5. The number of nitrogens with one attached hydrogen (secondary N) is 1. The number of amides is 1. The number of benzene rings is 1.